The summed E-state index contributed by atoms with van der Waals surface area (Å²) in [4.78, 5) is 27.7. The average Bonchev–Trinajstić information content (AvgIpc) is 3.40. The molecular formula is C22H27AsN6O5. The van der Waals surface area contributed by atoms with Gasteiger partial charge in [-0.3, -0.25) is 0 Å². The van der Waals surface area contributed by atoms with Crippen LogP contribution in [-0.2, 0) is 16.0 Å². The van der Waals surface area contributed by atoms with Gasteiger partial charge in [-0.25, -0.2) is 0 Å². The number of rotatable bonds is 8. The van der Waals surface area contributed by atoms with Gasteiger partial charge in [0.15, 0.2) is 0 Å². The van der Waals surface area contributed by atoms with Crippen LogP contribution in [0.15, 0.2) is 36.9 Å². The van der Waals surface area contributed by atoms with Crippen molar-refractivity contribution in [1.29, 1.82) is 0 Å². The summed E-state index contributed by atoms with van der Waals surface area (Å²) in [6, 6.07) is 6.68. The van der Waals surface area contributed by atoms with E-state index in [1.165, 1.54) is 12.7 Å². The summed E-state index contributed by atoms with van der Waals surface area (Å²) in [6.07, 6.45) is 0.613. The van der Waals surface area contributed by atoms with E-state index in [1.54, 1.807) is 11.7 Å². The number of aromatic nitrogens is 4. The van der Waals surface area contributed by atoms with Crippen molar-refractivity contribution in [2.24, 2.45) is 0 Å². The van der Waals surface area contributed by atoms with Crippen LogP contribution >= 0.6 is 0 Å². The Hall–Kier alpha value is -2.72. The van der Waals surface area contributed by atoms with Crippen molar-refractivity contribution >= 4 is 39.7 Å². The molecule has 0 saturated carbocycles. The van der Waals surface area contributed by atoms with E-state index < -0.39 is 29.2 Å². The fourth-order valence-electron chi connectivity index (χ4n) is 4.00. The fourth-order valence-corrected chi connectivity index (χ4v) is 4.60. The van der Waals surface area contributed by atoms with Crippen LogP contribution in [-0.4, -0.2) is 98.6 Å². The second-order valence-corrected chi connectivity index (χ2v) is 9.56. The van der Waals surface area contributed by atoms with Crippen LogP contribution in [0.1, 0.15) is 11.8 Å². The molecule has 180 valence electrons. The van der Waals surface area contributed by atoms with E-state index in [0.717, 1.165) is 11.3 Å². The predicted octanol–water partition coefficient (Wildman–Crippen LogP) is -0.164. The molecule has 2 radical (unpaired) electrons. The molecule has 1 aliphatic rings. The van der Waals surface area contributed by atoms with E-state index in [9.17, 15) is 15.0 Å². The summed E-state index contributed by atoms with van der Waals surface area (Å²) < 4.78 is 12.3. The van der Waals surface area contributed by atoms with Crippen molar-refractivity contribution in [2.75, 3.05) is 32.7 Å². The summed E-state index contributed by atoms with van der Waals surface area (Å²) in [5, 5.41) is 23.8. The Morgan fingerprint density at radius 2 is 2.03 bits per heavy atom. The van der Waals surface area contributed by atoms with Gasteiger partial charge in [0, 0.05) is 0 Å². The number of aliphatic hydroxyl groups is 2. The third-order valence-electron chi connectivity index (χ3n) is 5.79. The molecule has 1 aliphatic heterocycles. The molecule has 1 aromatic carbocycles. The molecule has 0 aliphatic carbocycles. The summed E-state index contributed by atoms with van der Waals surface area (Å²) in [6.45, 7) is -0.370. The van der Waals surface area contributed by atoms with Gasteiger partial charge in [-0.15, -0.1) is 0 Å². The molecule has 11 nitrogen and oxygen atoms in total. The van der Waals surface area contributed by atoms with Gasteiger partial charge in [0.1, 0.15) is 0 Å². The Bertz CT molecular complexity index is 1140. The molecule has 4 rings (SSSR count). The minimum absolute atomic E-state index is 0.268. The number of hydrogen-bond donors (Lipinski definition) is 3. The van der Waals surface area contributed by atoms with Gasteiger partial charge in [0.05, 0.1) is 0 Å². The standard InChI is InChI=1S/C22H27AsN6O5/c1-28(2)19-17-20(25-10-24-19)29(11-26-17)22-18(31)16(15(9-30)34-22)27-21(32)14(23)8-12-4-6-13(33-3)7-5-12/h4-7,10-11,14-16,18,22,30-31H,8-9H2,1-3H3,(H,27,32). The van der Waals surface area contributed by atoms with Crippen LogP contribution in [0.2, 0.25) is 4.71 Å². The number of aliphatic hydroxyl groups excluding tert-OH is 2. The molecule has 1 fully saturated rings. The minimum atomic E-state index is -1.13. The number of ether oxygens (including phenoxy) is 2. The first-order valence-electron chi connectivity index (χ1n) is 10.7. The first kappa shape index (κ1) is 24.4. The first-order valence-corrected chi connectivity index (χ1v) is 11.8. The molecule has 2 aromatic heterocycles. The topological polar surface area (TPSA) is 135 Å². The summed E-state index contributed by atoms with van der Waals surface area (Å²) in [7, 11) is 5.30. The van der Waals surface area contributed by atoms with E-state index in [4.69, 9.17) is 9.47 Å². The zero-order valence-electron chi connectivity index (χ0n) is 19.1. The fraction of sp³-hybridized carbons (Fsp3) is 0.455. The molecule has 1 amide bonds. The Labute approximate surface area is 205 Å². The van der Waals surface area contributed by atoms with E-state index in [-0.39, 0.29) is 12.5 Å². The van der Waals surface area contributed by atoms with Gasteiger partial charge < -0.3 is 0 Å². The number of carbonyl (C=O) groups excluding carboxylic acids is 1. The Morgan fingerprint density at radius 3 is 2.68 bits per heavy atom. The molecule has 3 aromatic rings. The van der Waals surface area contributed by atoms with Crippen LogP contribution in [0, 0.1) is 0 Å². The number of methoxy groups -OCH3 is 1. The molecule has 1 saturated heterocycles. The van der Waals surface area contributed by atoms with Crippen molar-refractivity contribution in [1.82, 2.24) is 24.8 Å². The maximum atomic E-state index is 12.9. The number of fused-ring (bicyclic) bond motifs is 1. The Morgan fingerprint density at radius 1 is 1.29 bits per heavy atom. The van der Waals surface area contributed by atoms with Crippen molar-refractivity contribution in [3.8, 4) is 5.75 Å². The molecule has 34 heavy (non-hydrogen) atoms. The predicted molar refractivity (Wildman–Crippen MR) is 125 cm³/mol. The van der Waals surface area contributed by atoms with E-state index >= 15 is 0 Å². The van der Waals surface area contributed by atoms with Gasteiger partial charge in [-0.05, 0) is 0 Å². The van der Waals surface area contributed by atoms with Gasteiger partial charge in [0.25, 0.3) is 0 Å². The van der Waals surface area contributed by atoms with Gasteiger partial charge in [0.2, 0.25) is 0 Å². The van der Waals surface area contributed by atoms with Crippen LogP contribution in [0.4, 0.5) is 5.82 Å². The molecule has 3 N–H and O–H groups in total. The first-order chi connectivity index (χ1) is 16.3. The van der Waals surface area contributed by atoms with Crippen molar-refractivity contribution in [3.63, 3.8) is 0 Å². The van der Waals surface area contributed by atoms with E-state index in [0.29, 0.717) is 23.4 Å². The van der Waals surface area contributed by atoms with Crippen LogP contribution in [0.25, 0.3) is 11.2 Å². The second kappa shape index (κ2) is 10.3. The second-order valence-electron chi connectivity index (χ2n) is 8.26. The normalized spacial score (nSPS) is 23.1. The number of anilines is 1. The average molecular weight is 530 g/mol. The van der Waals surface area contributed by atoms with Gasteiger partial charge >= 0.3 is 206 Å². The third kappa shape index (κ3) is 4.74. The SMILES string of the molecule is COc1ccc(CC([As])C(=O)NC2C(CO)OC(n3cnc4c(N(C)C)ncnc43)C2O)cc1. The Kier molecular flexibility index (Phi) is 7.37. The number of nitrogens with zero attached hydrogens (tertiary/aromatic N) is 5. The van der Waals surface area contributed by atoms with E-state index in [1.807, 2.05) is 43.3 Å². The number of carbonyl (C=O) groups is 1. The van der Waals surface area contributed by atoms with Crippen LogP contribution < -0.4 is 15.0 Å². The maximum absolute atomic E-state index is 12.9. The van der Waals surface area contributed by atoms with Crippen molar-refractivity contribution < 1.29 is 24.5 Å². The number of nitrogens with one attached hydrogen (secondary N) is 1. The molecule has 12 heteroatoms. The number of hydrogen-bond acceptors (Lipinski definition) is 9. The van der Waals surface area contributed by atoms with E-state index in [2.05, 4.69) is 37.1 Å². The van der Waals surface area contributed by atoms with Gasteiger partial charge in [-0.2, -0.15) is 0 Å². The number of benzene rings is 1. The van der Waals surface area contributed by atoms with Crippen molar-refractivity contribution in [3.05, 3.63) is 42.5 Å². The molecular weight excluding hydrogens is 503 g/mol. The molecule has 3 heterocycles. The summed E-state index contributed by atoms with van der Waals surface area (Å²) in [5.74, 6) is 1.11. The zero-order valence-corrected chi connectivity index (χ0v) is 20.9. The van der Waals surface area contributed by atoms with Crippen LogP contribution in [0.3, 0.4) is 0 Å². The summed E-state index contributed by atoms with van der Waals surface area (Å²) >= 11 is 2.35. The van der Waals surface area contributed by atoms with Crippen LogP contribution in [0.5, 0.6) is 5.75 Å². The third-order valence-corrected chi connectivity index (χ3v) is 6.67. The number of amides is 1. The zero-order chi connectivity index (χ0) is 24.4. The van der Waals surface area contributed by atoms with Gasteiger partial charge in [-0.1, -0.05) is 0 Å². The molecule has 0 bridgehead atoms. The summed E-state index contributed by atoms with van der Waals surface area (Å²) in [5.41, 5.74) is 2.01. The molecule has 5 atom stereocenters. The van der Waals surface area contributed by atoms with Crippen molar-refractivity contribution in [2.45, 2.75) is 35.6 Å². The molecule has 5 unspecified atom stereocenters. The monoisotopic (exact) mass is 530 g/mol. The molecule has 0 spiro atoms. The quantitative estimate of drug-likeness (QED) is 0.340. The number of imidazole rings is 1. The Balaban J connectivity index is 1.49.